The zero-order valence-corrected chi connectivity index (χ0v) is 20.7. The van der Waals surface area contributed by atoms with Gasteiger partial charge in [0.1, 0.15) is 11.2 Å². The number of carbonyl (C=O) groups is 2. The van der Waals surface area contributed by atoms with Gasteiger partial charge in [-0.1, -0.05) is 72.8 Å². The Labute approximate surface area is 208 Å². The maximum Gasteiger partial charge on any atom is 0.233 e. The maximum absolute atomic E-state index is 13.3. The van der Waals surface area contributed by atoms with Crippen LogP contribution in [0.3, 0.4) is 0 Å². The minimum Gasteiger partial charge on any atom is -0.497 e. The van der Waals surface area contributed by atoms with Crippen molar-refractivity contribution in [2.24, 2.45) is 11.7 Å². The van der Waals surface area contributed by atoms with Crippen LogP contribution in [0.25, 0.3) is 0 Å². The van der Waals surface area contributed by atoms with E-state index in [0.717, 1.165) is 48.1 Å². The van der Waals surface area contributed by atoms with Crippen molar-refractivity contribution in [3.63, 3.8) is 0 Å². The molecule has 2 atom stereocenters. The summed E-state index contributed by atoms with van der Waals surface area (Å²) >= 11 is 0. The van der Waals surface area contributed by atoms with E-state index in [4.69, 9.17) is 10.5 Å². The number of likely N-dealkylation sites (tertiary alicyclic amines) is 1. The van der Waals surface area contributed by atoms with Crippen LogP contribution >= 0.6 is 0 Å². The second-order valence-corrected chi connectivity index (χ2v) is 9.90. The third-order valence-corrected chi connectivity index (χ3v) is 7.63. The highest BCUT2D eigenvalue weighted by molar-refractivity contribution is 5.96. The molecule has 2 N–H and O–H groups in total. The number of carbonyl (C=O) groups excluding carboxylic acids is 2. The summed E-state index contributed by atoms with van der Waals surface area (Å²) in [5.41, 5.74) is 7.94. The van der Waals surface area contributed by atoms with E-state index in [0.29, 0.717) is 17.7 Å². The number of methoxy groups -OCH3 is 1. The number of nitrogens with two attached hydrogens (primary N) is 1. The SMILES string of the molecule is COc1cccc(C(=O)CCC[N+]2(C)CCC(C(C(N)=O)(c3ccccc3)c3ccccc3)C2)c1. The van der Waals surface area contributed by atoms with Gasteiger partial charge >= 0.3 is 0 Å². The number of primary amides is 1. The molecule has 0 spiro atoms. The van der Waals surface area contributed by atoms with Gasteiger partial charge < -0.3 is 15.0 Å². The molecule has 0 saturated carbocycles. The molecule has 0 bridgehead atoms. The molecule has 5 heteroatoms. The van der Waals surface area contributed by atoms with Gasteiger partial charge in [0, 0.05) is 30.7 Å². The molecular weight excluding hydrogens is 436 g/mol. The number of hydrogen-bond donors (Lipinski definition) is 1. The Morgan fingerprint density at radius 3 is 2.17 bits per heavy atom. The van der Waals surface area contributed by atoms with Crippen molar-refractivity contribution in [2.75, 3.05) is 33.8 Å². The lowest BCUT2D eigenvalue weighted by atomic mass is 9.64. The number of Topliss-reactive ketones (excluding diaryl/α,β-unsaturated/α-hetero) is 1. The number of amides is 1. The fourth-order valence-corrected chi connectivity index (χ4v) is 5.83. The number of ketones is 1. The van der Waals surface area contributed by atoms with Crippen molar-refractivity contribution in [3.8, 4) is 5.75 Å². The smallest absolute Gasteiger partial charge is 0.233 e. The van der Waals surface area contributed by atoms with Gasteiger partial charge in [-0.25, -0.2) is 0 Å². The molecule has 0 radical (unpaired) electrons. The minimum atomic E-state index is -0.880. The molecule has 5 nitrogen and oxygen atoms in total. The lowest BCUT2D eigenvalue weighted by Gasteiger charge is -2.38. The van der Waals surface area contributed by atoms with Crippen LogP contribution in [-0.2, 0) is 10.2 Å². The first kappa shape index (κ1) is 24.7. The lowest BCUT2D eigenvalue weighted by Crippen LogP contribution is -2.51. The third-order valence-electron chi connectivity index (χ3n) is 7.63. The second kappa shape index (κ2) is 10.4. The molecule has 3 aromatic rings. The van der Waals surface area contributed by atoms with Crippen LogP contribution in [0.4, 0.5) is 0 Å². The Kier molecular flexibility index (Phi) is 7.37. The molecule has 1 aliphatic heterocycles. The van der Waals surface area contributed by atoms with E-state index in [1.54, 1.807) is 13.2 Å². The molecular formula is C30H35N2O3+. The Morgan fingerprint density at radius 1 is 0.971 bits per heavy atom. The monoisotopic (exact) mass is 471 g/mol. The van der Waals surface area contributed by atoms with Crippen molar-refractivity contribution in [1.29, 1.82) is 0 Å². The molecule has 182 valence electrons. The van der Waals surface area contributed by atoms with E-state index in [-0.39, 0.29) is 17.6 Å². The Bertz CT molecular complexity index is 1120. The Morgan fingerprint density at radius 2 is 1.60 bits per heavy atom. The van der Waals surface area contributed by atoms with E-state index in [1.165, 1.54) is 0 Å². The summed E-state index contributed by atoms with van der Waals surface area (Å²) < 4.78 is 6.07. The average Bonchev–Trinajstić information content (AvgIpc) is 3.27. The quantitative estimate of drug-likeness (QED) is 0.347. The van der Waals surface area contributed by atoms with Gasteiger partial charge in [0.2, 0.25) is 5.91 Å². The highest BCUT2D eigenvalue weighted by atomic mass is 16.5. The van der Waals surface area contributed by atoms with E-state index in [2.05, 4.69) is 7.05 Å². The number of hydrogen-bond acceptors (Lipinski definition) is 3. The van der Waals surface area contributed by atoms with Gasteiger partial charge in [-0.05, 0) is 23.3 Å². The minimum absolute atomic E-state index is 0.0730. The van der Waals surface area contributed by atoms with E-state index < -0.39 is 5.41 Å². The Balaban J connectivity index is 1.52. The molecule has 35 heavy (non-hydrogen) atoms. The first-order valence-electron chi connectivity index (χ1n) is 12.3. The molecule has 1 fully saturated rings. The normalized spacial score (nSPS) is 19.9. The predicted molar refractivity (Wildman–Crippen MR) is 138 cm³/mol. The van der Waals surface area contributed by atoms with Crippen LogP contribution in [0.1, 0.15) is 40.7 Å². The average molecular weight is 472 g/mol. The zero-order chi connectivity index (χ0) is 24.9. The van der Waals surface area contributed by atoms with Crippen molar-refractivity contribution in [2.45, 2.75) is 24.7 Å². The number of rotatable bonds is 10. The summed E-state index contributed by atoms with van der Waals surface area (Å²) in [6, 6.07) is 27.3. The fraction of sp³-hybridized carbons (Fsp3) is 0.333. The summed E-state index contributed by atoms with van der Waals surface area (Å²) in [5, 5.41) is 0. The first-order valence-corrected chi connectivity index (χ1v) is 12.3. The molecule has 0 aliphatic carbocycles. The highest BCUT2D eigenvalue weighted by Crippen LogP contribution is 2.45. The number of quaternary nitrogens is 1. The van der Waals surface area contributed by atoms with Crippen molar-refractivity contribution >= 4 is 11.7 Å². The molecule has 0 aromatic heterocycles. The van der Waals surface area contributed by atoms with Crippen LogP contribution in [0.2, 0.25) is 0 Å². The van der Waals surface area contributed by atoms with Crippen LogP contribution in [0.5, 0.6) is 5.75 Å². The van der Waals surface area contributed by atoms with Crippen LogP contribution in [0, 0.1) is 5.92 Å². The summed E-state index contributed by atoms with van der Waals surface area (Å²) in [6.07, 6.45) is 2.18. The molecule has 1 aliphatic rings. The van der Waals surface area contributed by atoms with Gasteiger partial charge in [0.25, 0.3) is 0 Å². The first-order chi connectivity index (χ1) is 16.9. The molecule has 2 unspecified atom stereocenters. The summed E-state index contributed by atoms with van der Waals surface area (Å²) in [4.78, 5) is 26.0. The van der Waals surface area contributed by atoms with E-state index >= 15 is 0 Å². The molecule has 1 saturated heterocycles. The summed E-state index contributed by atoms with van der Waals surface area (Å²) in [5.74, 6) is 0.596. The van der Waals surface area contributed by atoms with Gasteiger partial charge in [-0.3, -0.25) is 9.59 Å². The lowest BCUT2D eigenvalue weighted by molar-refractivity contribution is -0.899. The fourth-order valence-electron chi connectivity index (χ4n) is 5.83. The van der Waals surface area contributed by atoms with Crippen molar-refractivity contribution < 1.29 is 18.8 Å². The van der Waals surface area contributed by atoms with Crippen LogP contribution < -0.4 is 10.5 Å². The van der Waals surface area contributed by atoms with Crippen LogP contribution in [-0.4, -0.2) is 50.0 Å². The summed E-state index contributed by atoms with van der Waals surface area (Å²) in [7, 11) is 3.84. The third kappa shape index (κ3) is 5.01. The van der Waals surface area contributed by atoms with Gasteiger partial charge in [0.05, 0.1) is 33.8 Å². The standard InChI is InChI=1S/C30H34N2O3/c1-32(19-10-17-28(33)23-11-9-16-27(21-23)35-2)20-18-26(22-32)30(29(31)34,24-12-5-3-6-13-24)25-14-7-4-8-15-25/h3-9,11-16,21,26H,10,17-20,22H2,1-2H3,(H-,31,34)/p+1. The summed E-state index contributed by atoms with van der Waals surface area (Å²) in [6.45, 7) is 2.66. The predicted octanol–water partition coefficient (Wildman–Crippen LogP) is 4.60. The van der Waals surface area contributed by atoms with Gasteiger partial charge in [-0.15, -0.1) is 0 Å². The molecule has 3 aromatic carbocycles. The zero-order valence-electron chi connectivity index (χ0n) is 20.7. The van der Waals surface area contributed by atoms with Gasteiger partial charge in [-0.2, -0.15) is 0 Å². The molecule has 1 amide bonds. The largest absolute Gasteiger partial charge is 0.497 e. The Hall–Kier alpha value is -3.44. The van der Waals surface area contributed by atoms with Crippen LogP contribution in [0.15, 0.2) is 84.9 Å². The van der Waals surface area contributed by atoms with E-state index in [1.807, 2.05) is 78.9 Å². The van der Waals surface area contributed by atoms with Crippen molar-refractivity contribution in [3.05, 3.63) is 102 Å². The second-order valence-electron chi connectivity index (χ2n) is 9.90. The molecule has 4 rings (SSSR count). The van der Waals surface area contributed by atoms with Crippen molar-refractivity contribution in [1.82, 2.24) is 0 Å². The number of ether oxygens (including phenoxy) is 1. The molecule has 1 heterocycles. The highest BCUT2D eigenvalue weighted by Gasteiger charge is 2.53. The van der Waals surface area contributed by atoms with E-state index in [9.17, 15) is 9.59 Å². The van der Waals surface area contributed by atoms with Gasteiger partial charge in [0.15, 0.2) is 5.78 Å². The number of benzene rings is 3. The number of nitrogens with zero attached hydrogens (tertiary/aromatic N) is 1. The maximum atomic E-state index is 13.3. The topological polar surface area (TPSA) is 69.4 Å².